The van der Waals surface area contributed by atoms with Gasteiger partial charge in [0.15, 0.2) is 0 Å². The van der Waals surface area contributed by atoms with Gasteiger partial charge >= 0.3 is 5.97 Å². The maximum absolute atomic E-state index is 12.4. The van der Waals surface area contributed by atoms with Gasteiger partial charge in [0.2, 0.25) is 0 Å². The molecule has 28 heavy (non-hydrogen) atoms. The number of carbonyl (C=O) groups is 2. The number of ether oxygens (including phenoxy) is 1. The molecule has 0 bridgehead atoms. The molecule has 2 aromatic carbocycles. The Morgan fingerprint density at radius 3 is 2.36 bits per heavy atom. The first-order valence-corrected chi connectivity index (χ1v) is 8.80. The van der Waals surface area contributed by atoms with Crippen molar-refractivity contribution in [1.82, 2.24) is 10.3 Å². The standard InChI is InChI=1S/C22H21N3O3/c1-15-3-5-16(6-4-15)14-24-21(26)20-13-19(11-12-23-20)25-18-9-7-17(8-10-18)22(27)28-2/h3-13H,14H2,1-2H3,(H,23,25)(H,24,26). The number of rotatable bonds is 6. The van der Waals surface area contributed by atoms with E-state index in [1.807, 2.05) is 31.2 Å². The first-order chi connectivity index (χ1) is 13.5. The lowest BCUT2D eigenvalue weighted by Crippen LogP contribution is -2.23. The van der Waals surface area contributed by atoms with Gasteiger partial charge in [-0.25, -0.2) is 4.79 Å². The first kappa shape index (κ1) is 19.1. The molecule has 1 amide bonds. The maximum Gasteiger partial charge on any atom is 0.337 e. The van der Waals surface area contributed by atoms with Crippen molar-refractivity contribution in [2.45, 2.75) is 13.5 Å². The number of nitrogens with one attached hydrogen (secondary N) is 2. The third kappa shape index (κ3) is 4.94. The molecule has 3 aromatic rings. The summed E-state index contributed by atoms with van der Waals surface area (Å²) in [4.78, 5) is 28.0. The van der Waals surface area contributed by atoms with Gasteiger partial charge in [-0.05, 0) is 48.9 Å². The minimum atomic E-state index is -0.386. The molecule has 6 heteroatoms. The summed E-state index contributed by atoms with van der Waals surface area (Å²) in [6.07, 6.45) is 1.58. The van der Waals surface area contributed by atoms with E-state index in [1.54, 1.807) is 42.6 Å². The summed E-state index contributed by atoms with van der Waals surface area (Å²) in [5.74, 6) is -0.631. The van der Waals surface area contributed by atoms with Crippen molar-refractivity contribution >= 4 is 23.3 Å². The number of hydrogen-bond donors (Lipinski definition) is 2. The summed E-state index contributed by atoms with van der Waals surface area (Å²) >= 11 is 0. The minimum Gasteiger partial charge on any atom is -0.465 e. The highest BCUT2D eigenvalue weighted by Crippen LogP contribution is 2.18. The lowest BCUT2D eigenvalue weighted by atomic mass is 10.1. The van der Waals surface area contributed by atoms with Crippen molar-refractivity contribution in [3.05, 3.63) is 89.2 Å². The van der Waals surface area contributed by atoms with Crippen molar-refractivity contribution in [3.63, 3.8) is 0 Å². The van der Waals surface area contributed by atoms with Crippen LogP contribution in [0.1, 0.15) is 32.0 Å². The molecule has 6 nitrogen and oxygen atoms in total. The Morgan fingerprint density at radius 1 is 0.964 bits per heavy atom. The number of benzene rings is 2. The topological polar surface area (TPSA) is 80.3 Å². The number of esters is 1. The predicted octanol–water partition coefficient (Wildman–Crippen LogP) is 3.85. The molecule has 0 atom stereocenters. The second kappa shape index (κ2) is 8.81. The van der Waals surface area contributed by atoms with E-state index in [0.29, 0.717) is 17.8 Å². The van der Waals surface area contributed by atoms with Crippen LogP contribution in [0.3, 0.4) is 0 Å². The maximum atomic E-state index is 12.4. The van der Waals surface area contributed by atoms with E-state index < -0.39 is 0 Å². The molecule has 3 rings (SSSR count). The van der Waals surface area contributed by atoms with E-state index in [2.05, 4.69) is 20.4 Å². The van der Waals surface area contributed by atoms with Crippen LogP contribution >= 0.6 is 0 Å². The highest BCUT2D eigenvalue weighted by atomic mass is 16.5. The third-order valence-corrected chi connectivity index (χ3v) is 4.16. The minimum absolute atomic E-state index is 0.245. The number of anilines is 2. The fourth-order valence-corrected chi connectivity index (χ4v) is 2.59. The molecule has 0 radical (unpaired) electrons. The second-order valence-corrected chi connectivity index (χ2v) is 6.29. The van der Waals surface area contributed by atoms with Crippen LogP contribution in [0.2, 0.25) is 0 Å². The zero-order chi connectivity index (χ0) is 19.9. The Kier molecular flexibility index (Phi) is 6.01. The van der Waals surface area contributed by atoms with E-state index in [4.69, 9.17) is 0 Å². The lowest BCUT2D eigenvalue weighted by Gasteiger charge is -2.09. The van der Waals surface area contributed by atoms with Crippen molar-refractivity contribution < 1.29 is 14.3 Å². The SMILES string of the molecule is COC(=O)c1ccc(Nc2ccnc(C(=O)NCc3ccc(C)cc3)c2)cc1. The molecule has 2 N–H and O–H groups in total. The number of amides is 1. The zero-order valence-electron chi connectivity index (χ0n) is 15.7. The van der Waals surface area contributed by atoms with E-state index in [9.17, 15) is 9.59 Å². The predicted molar refractivity (Wildman–Crippen MR) is 108 cm³/mol. The lowest BCUT2D eigenvalue weighted by molar-refractivity contribution is 0.0600. The zero-order valence-corrected chi connectivity index (χ0v) is 15.7. The van der Waals surface area contributed by atoms with E-state index in [0.717, 1.165) is 16.9 Å². The van der Waals surface area contributed by atoms with Gasteiger partial charge in [-0.3, -0.25) is 9.78 Å². The number of nitrogens with zero attached hydrogens (tertiary/aromatic N) is 1. The van der Waals surface area contributed by atoms with Crippen LogP contribution < -0.4 is 10.6 Å². The quantitative estimate of drug-likeness (QED) is 0.640. The van der Waals surface area contributed by atoms with Gasteiger partial charge in [0.25, 0.3) is 5.91 Å². The molecule has 0 aliphatic heterocycles. The van der Waals surface area contributed by atoms with Crippen molar-refractivity contribution in [3.8, 4) is 0 Å². The van der Waals surface area contributed by atoms with Gasteiger partial charge in [-0.2, -0.15) is 0 Å². The van der Waals surface area contributed by atoms with Crippen LogP contribution in [0.5, 0.6) is 0 Å². The summed E-state index contributed by atoms with van der Waals surface area (Å²) in [6, 6.07) is 18.3. The fourth-order valence-electron chi connectivity index (χ4n) is 2.59. The molecule has 1 heterocycles. The molecule has 0 aliphatic carbocycles. The number of aromatic nitrogens is 1. The molecule has 142 valence electrons. The Morgan fingerprint density at radius 2 is 1.68 bits per heavy atom. The number of hydrogen-bond acceptors (Lipinski definition) is 5. The number of methoxy groups -OCH3 is 1. The van der Waals surface area contributed by atoms with Gasteiger partial charge in [-0.1, -0.05) is 29.8 Å². The summed E-state index contributed by atoms with van der Waals surface area (Å²) in [6.45, 7) is 2.46. The normalized spacial score (nSPS) is 10.2. The van der Waals surface area contributed by atoms with Crippen LogP contribution in [0.15, 0.2) is 66.9 Å². The average molecular weight is 375 g/mol. The molecule has 0 unspecified atom stereocenters. The van der Waals surface area contributed by atoms with Crippen LogP contribution in [-0.4, -0.2) is 24.0 Å². The van der Waals surface area contributed by atoms with Crippen molar-refractivity contribution in [2.75, 3.05) is 12.4 Å². The Bertz CT molecular complexity index is 967. The summed E-state index contributed by atoms with van der Waals surface area (Å²) in [5.41, 5.74) is 4.50. The Hall–Kier alpha value is -3.67. The van der Waals surface area contributed by atoms with Gasteiger partial charge in [0, 0.05) is 24.1 Å². The van der Waals surface area contributed by atoms with E-state index in [1.165, 1.54) is 12.7 Å². The summed E-state index contributed by atoms with van der Waals surface area (Å²) in [7, 11) is 1.34. The smallest absolute Gasteiger partial charge is 0.337 e. The number of pyridine rings is 1. The average Bonchev–Trinajstić information content (AvgIpc) is 2.73. The molecule has 0 fully saturated rings. The Labute approximate surface area is 163 Å². The van der Waals surface area contributed by atoms with Gasteiger partial charge in [0.05, 0.1) is 12.7 Å². The molecule has 0 saturated heterocycles. The van der Waals surface area contributed by atoms with Crippen LogP contribution in [0, 0.1) is 6.92 Å². The van der Waals surface area contributed by atoms with E-state index in [-0.39, 0.29) is 11.9 Å². The van der Waals surface area contributed by atoms with Gasteiger partial charge in [-0.15, -0.1) is 0 Å². The number of aryl methyl sites for hydroxylation is 1. The van der Waals surface area contributed by atoms with Crippen LogP contribution in [0.25, 0.3) is 0 Å². The highest BCUT2D eigenvalue weighted by molar-refractivity contribution is 5.93. The van der Waals surface area contributed by atoms with Crippen molar-refractivity contribution in [2.24, 2.45) is 0 Å². The van der Waals surface area contributed by atoms with Crippen molar-refractivity contribution in [1.29, 1.82) is 0 Å². The third-order valence-electron chi connectivity index (χ3n) is 4.16. The van der Waals surface area contributed by atoms with Gasteiger partial charge in [0.1, 0.15) is 5.69 Å². The summed E-state index contributed by atoms with van der Waals surface area (Å²) in [5, 5.41) is 6.06. The first-order valence-electron chi connectivity index (χ1n) is 8.80. The van der Waals surface area contributed by atoms with Crippen LogP contribution in [0.4, 0.5) is 11.4 Å². The monoisotopic (exact) mass is 375 g/mol. The molecular weight excluding hydrogens is 354 g/mol. The van der Waals surface area contributed by atoms with E-state index >= 15 is 0 Å². The molecule has 1 aromatic heterocycles. The molecule has 0 aliphatic rings. The highest BCUT2D eigenvalue weighted by Gasteiger charge is 2.09. The second-order valence-electron chi connectivity index (χ2n) is 6.29. The Balaban J connectivity index is 1.63. The molecular formula is C22H21N3O3. The molecule has 0 saturated carbocycles. The summed E-state index contributed by atoms with van der Waals surface area (Å²) < 4.78 is 4.69. The largest absolute Gasteiger partial charge is 0.465 e. The number of carbonyl (C=O) groups excluding carboxylic acids is 2. The fraction of sp³-hybridized carbons (Fsp3) is 0.136. The van der Waals surface area contributed by atoms with Crippen LogP contribution in [-0.2, 0) is 11.3 Å². The van der Waals surface area contributed by atoms with Gasteiger partial charge < -0.3 is 15.4 Å². The molecule has 0 spiro atoms.